The summed E-state index contributed by atoms with van der Waals surface area (Å²) in [5.74, 6) is 1.90. The number of nitrogens with zero attached hydrogens (tertiary/aromatic N) is 1. The molecule has 1 aromatic heterocycles. The highest BCUT2D eigenvalue weighted by Gasteiger charge is 2.14. The van der Waals surface area contributed by atoms with Crippen LogP contribution in [0.1, 0.15) is 17.0 Å². The summed E-state index contributed by atoms with van der Waals surface area (Å²) < 4.78 is 10.9. The van der Waals surface area contributed by atoms with E-state index in [-0.39, 0.29) is 12.3 Å². The average molecular weight is 350 g/mol. The minimum Gasteiger partial charge on any atom is -0.497 e. The van der Waals surface area contributed by atoms with Gasteiger partial charge in [-0.05, 0) is 43.2 Å². The Morgan fingerprint density at radius 1 is 1.12 bits per heavy atom. The van der Waals surface area contributed by atoms with Gasteiger partial charge in [0.15, 0.2) is 0 Å². The molecule has 0 radical (unpaired) electrons. The van der Waals surface area contributed by atoms with E-state index in [0.29, 0.717) is 18.2 Å². The molecule has 0 aliphatic rings. The zero-order chi connectivity index (χ0) is 18.4. The summed E-state index contributed by atoms with van der Waals surface area (Å²) in [6.45, 7) is 2.43. The molecular weight excluding hydrogens is 328 g/mol. The predicted octanol–water partition coefficient (Wildman–Crippen LogP) is 3.56. The second kappa shape index (κ2) is 8.34. The fourth-order valence-corrected chi connectivity index (χ4v) is 2.64. The number of amides is 1. The van der Waals surface area contributed by atoms with E-state index in [1.807, 2.05) is 61.5 Å². The van der Waals surface area contributed by atoms with Gasteiger partial charge in [0, 0.05) is 12.1 Å². The topological polar surface area (TPSA) is 64.4 Å². The van der Waals surface area contributed by atoms with E-state index in [4.69, 9.17) is 9.15 Å². The maximum atomic E-state index is 12.2. The van der Waals surface area contributed by atoms with E-state index in [2.05, 4.69) is 10.3 Å². The first-order valence-corrected chi connectivity index (χ1v) is 8.57. The highest BCUT2D eigenvalue weighted by molar-refractivity contribution is 5.78. The number of carbonyl (C=O) groups is 1. The van der Waals surface area contributed by atoms with Gasteiger partial charge in [-0.1, -0.05) is 30.3 Å². The van der Waals surface area contributed by atoms with E-state index in [9.17, 15) is 4.79 Å². The molecule has 134 valence electrons. The summed E-state index contributed by atoms with van der Waals surface area (Å²) in [7, 11) is 1.64. The van der Waals surface area contributed by atoms with Crippen molar-refractivity contribution in [3.8, 4) is 17.2 Å². The first-order valence-electron chi connectivity index (χ1n) is 8.57. The van der Waals surface area contributed by atoms with Gasteiger partial charge < -0.3 is 14.5 Å². The van der Waals surface area contributed by atoms with Crippen molar-refractivity contribution in [2.45, 2.75) is 19.8 Å². The van der Waals surface area contributed by atoms with Crippen LogP contribution in [0.5, 0.6) is 5.75 Å². The van der Waals surface area contributed by atoms with Gasteiger partial charge >= 0.3 is 0 Å². The Labute approximate surface area is 153 Å². The average Bonchev–Trinajstić information content (AvgIpc) is 3.03. The molecule has 26 heavy (non-hydrogen) atoms. The molecule has 0 atom stereocenters. The lowest BCUT2D eigenvalue weighted by atomic mass is 10.1. The van der Waals surface area contributed by atoms with Crippen LogP contribution in [0.25, 0.3) is 11.5 Å². The van der Waals surface area contributed by atoms with Crippen LogP contribution in [-0.4, -0.2) is 24.5 Å². The molecule has 3 rings (SSSR count). The minimum atomic E-state index is -0.0719. The summed E-state index contributed by atoms with van der Waals surface area (Å²) in [6, 6.07) is 17.5. The summed E-state index contributed by atoms with van der Waals surface area (Å²) in [5.41, 5.74) is 2.80. The molecule has 0 aliphatic heterocycles. The maximum Gasteiger partial charge on any atom is 0.227 e. The SMILES string of the molecule is COc1ccc(CCNC(=O)Cc2oc(-c3ccccc3)nc2C)cc1. The molecule has 0 fully saturated rings. The van der Waals surface area contributed by atoms with Crippen LogP contribution in [0.15, 0.2) is 59.0 Å². The zero-order valence-electron chi connectivity index (χ0n) is 15.0. The molecule has 0 unspecified atom stereocenters. The smallest absolute Gasteiger partial charge is 0.227 e. The van der Waals surface area contributed by atoms with Crippen LogP contribution in [0, 0.1) is 6.92 Å². The molecule has 0 saturated carbocycles. The van der Waals surface area contributed by atoms with Crippen LogP contribution < -0.4 is 10.1 Å². The lowest BCUT2D eigenvalue weighted by molar-refractivity contribution is -0.120. The third-order valence-electron chi connectivity index (χ3n) is 4.13. The van der Waals surface area contributed by atoms with E-state index in [1.54, 1.807) is 7.11 Å². The number of benzene rings is 2. The fourth-order valence-electron chi connectivity index (χ4n) is 2.64. The van der Waals surface area contributed by atoms with Crippen molar-refractivity contribution in [1.29, 1.82) is 0 Å². The van der Waals surface area contributed by atoms with E-state index in [0.717, 1.165) is 29.0 Å². The Hall–Kier alpha value is -3.08. The zero-order valence-corrected chi connectivity index (χ0v) is 15.0. The Morgan fingerprint density at radius 3 is 2.54 bits per heavy atom. The lowest BCUT2D eigenvalue weighted by Gasteiger charge is -2.05. The molecular formula is C21H22N2O3. The normalized spacial score (nSPS) is 10.5. The molecule has 1 amide bonds. The molecule has 0 spiro atoms. The second-order valence-corrected chi connectivity index (χ2v) is 6.02. The van der Waals surface area contributed by atoms with E-state index >= 15 is 0 Å². The number of ether oxygens (including phenoxy) is 1. The molecule has 1 heterocycles. The quantitative estimate of drug-likeness (QED) is 0.708. The Bertz CT molecular complexity index is 855. The van der Waals surface area contributed by atoms with Crippen molar-refractivity contribution in [2.24, 2.45) is 0 Å². The van der Waals surface area contributed by atoms with Crippen LogP contribution >= 0.6 is 0 Å². The van der Waals surface area contributed by atoms with Crippen LogP contribution in [0.4, 0.5) is 0 Å². The highest BCUT2D eigenvalue weighted by Crippen LogP contribution is 2.21. The first-order chi connectivity index (χ1) is 12.7. The molecule has 0 saturated heterocycles. The summed E-state index contributed by atoms with van der Waals surface area (Å²) in [4.78, 5) is 16.6. The van der Waals surface area contributed by atoms with Gasteiger partial charge in [-0.2, -0.15) is 0 Å². The number of hydrogen-bond donors (Lipinski definition) is 1. The van der Waals surface area contributed by atoms with Crippen molar-refractivity contribution < 1.29 is 13.9 Å². The van der Waals surface area contributed by atoms with Crippen molar-refractivity contribution in [1.82, 2.24) is 10.3 Å². The van der Waals surface area contributed by atoms with Crippen molar-refractivity contribution in [3.63, 3.8) is 0 Å². The molecule has 5 heteroatoms. The van der Waals surface area contributed by atoms with Crippen LogP contribution in [0.2, 0.25) is 0 Å². The van der Waals surface area contributed by atoms with E-state index in [1.165, 1.54) is 0 Å². The molecule has 3 aromatic rings. The van der Waals surface area contributed by atoms with Gasteiger partial charge in [0.1, 0.15) is 11.5 Å². The van der Waals surface area contributed by atoms with Gasteiger partial charge in [-0.3, -0.25) is 4.79 Å². The number of aromatic nitrogens is 1. The molecule has 2 aromatic carbocycles. The van der Waals surface area contributed by atoms with Crippen molar-refractivity contribution >= 4 is 5.91 Å². The highest BCUT2D eigenvalue weighted by atomic mass is 16.5. The number of rotatable bonds is 7. The Balaban J connectivity index is 1.52. The predicted molar refractivity (Wildman–Crippen MR) is 100 cm³/mol. The standard InChI is InChI=1S/C21H22N2O3/c1-15-19(26-21(23-15)17-6-4-3-5-7-17)14-20(24)22-13-12-16-8-10-18(25-2)11-9-16/h3-11H,12-14H2,1-2H3,(H,22,24). The number of aryl methyl sites for hydroxylation is 1. The van der Waals surface area contributed by atoms with Crippen molar-refractivity contribution in [2.75, 3.05) is 13.7 Å². The number of carbonyl (C=O) groups excluding carboxylic acids is 1. The van der Waals surface area contributed by atoms with Crippen molar-refractivity contribution in [3.05, 3.63) is 71.6 Å². The minimum absolute atomic E-state index is 0.0719. The van der Waals surface area contributed by atoms with Gasteiger partial charge in [0.25, 0.3) is 0 Å². The molecule has 0 aliphatic carbocycles. The van der Waals surface area contributed by atoms with Gasteiger partial charge in [-0.25, -0.2) is 4.98 Å². The van der Waals surface area contributed by atoms with Gasteiger partial charge in [0.2, 0.25) is 11.8 Å². The largest absolute Gasteiger partial charge is 0.497 e. The summed E-state index contributed by atoms with van der Waals surface area (Å²) >= 11 is 0. The Kier molecular flexibility index (Phi) is 5.69. The monoisotopic (exact) mass is 350 g/mol. The van der Waals surface area contributed by atoms with Crippen LogP contribution in [0.3, 0.4) is 0 Å². The maximum absolute atomic E-state index is 12.2. The van der Waals surface area contributed by atoms with Gasteiger partial charge in [0.05, 0.1) is 19.2 Å². The second-order valence-electron chi connectivity index (χ2n) is 6.02. The third kappa shape index (κ3) is 4.51. The lowest BCUT2D eigenvalue weighted by Crippen LogP contribution is -2.27. The number of oxazole rings is 1. The van der Waals surface area contributed by atoms with Crippen LogP contribution in [-0.2, 0) is 17.6 Å². The number of nitrogens with one attached hydrogen (secondary N) is 1. The molecule has 0 bridgehead atoms. The summed E-state index contributed by atoms with van der Waals surface area (Å²) in [5, 5.41) is 2.93. The Morgan fingerprint density at radius 2 is 1.85 bits per heavy atom. The molecule has 5 nitrogen and oxygen atoms in total. The first kappa shape index (κ1) is 17.7. The number of methoxy groups -OCH3 is 1. The molecule has 1 N–H and O–H groups in total. The summed E-state index contributed by atoms with van der Waals surface area (Å²) in [6.07, 6.45) is 0.953. The fraction of sp³-hybridized carbons (Fsp3) is 0.238. The third-order valence-corrected chi connectivity index (χ3v) is 4.13. The van der Waals surface area contributed by atoms with Gasteiger partial charge in [-0.15, -0.1) is 0 Å². The number of hydrogen-bond acceptors (Lipinski definition) is 4. The van der Waals surface area contributed by atoms with E-state index < -0.39 is 0 Å².